The Morgan fingerprint density at radius 2 is 2.03 bits per heavy atom. The van der Waals surface area contributed by atoms with Gasteiger partial charge >= 0.3 is 6.03 Å². The van der Waals surface area contributed by atoms with Crippen LogP contribution >= 0.6 is 27.5 Å². The maximum absolute atomic E-state index is 12.7. The number of fused-ring (bicyclic) bond motifs is 1. The highest BCUT2D eigenvalue weighted by atomic mass is 79.9. The number of halogens is 2. The number of ether oxygens (including phenoxy) is 1. The molecule has 0 aliphatic carbocycles. The Kier molecular flexibility index (Phi) is 6.29. The largest absolute Gasteiger partial charge is 0.496 e. The van der Waals surface area contributed by atoms with Crippen molar-refractivity contribution in [3.8, 4) is 17.0 Å². The zero-order chi connectivity index (χ0) is 22.0. The molecule has 0 fully saturated rings. The molecule has 0 spiro atoms. The van der Waals surface area contributed by atoms with Crippen LogP contribution in [0.2, 0.25) is 5.02 Å². The first-order valence-corrected chi connectivity index (χ1v) is 10.9. The number of nitrogens with one attached hydrogen (secondary N) is 1. The minimum Gasteiger partial charge on any atom is -0.496 e. The first-order chi connectivity index (χ1) is 15.0. The quantitative estimate of drug-likeness (QED) is 0.539. The number of nitrogens with two attached hydrogens (primary N) is 1. The monoisotopic (exact) mass is 501 g/mol. The van der Waals surface area contributed by atoms with E-state index in [1.807, 2.05) is 30.3 Å². The molecule has 4 rings (SSSR count). The van der Waals surface area contributed by atoms with Crippen LogP contribution in [0.1, 0.15) is 16.8 Å². The van der Waals surface area contributed by atoms with E-state index in [4.69, 9.17) is 22.1 Å². The van der Waals surface area contributed by atoms with Crippen LogP contribution in [-0.2, 0) is 19.5 Å². The van der Waals surface area contributed by atoms with E-state index < -0.39 is 0 Å². The summed E-state index contributed by atoms with van der Waals surface area (Å²) < 4.78 is 6.13. The van der Waals surface area contributed by atoms with E-state index in [2.05, 4.69) is 31.2 Å². The Morgan fingerprint density at radius 1 is 1.26 bits per heavy atom. The molecular weight excluding hydrogens is 482 g/mol. The maximum Gasteiger partial charge on any atom is 0.318 e. The van der Waals surface area contributed by atoms with E-state index in [-0.39, 0.29) is 12.0 Å². The normalized spacial score (nSPS) is 12.5. The fraction of sp³-hybridized carbons (Fsp3) is 0.227. The summed E-state index contributed by atoms with van der Waals surface area (Å²) in [4.78, 5) is 23.2. The second-order valence-electron chi connectivity index (χ2n) is 7.15. The Morgan fingerprint density at radius 3 is 2.77 bits per heavy atom. The van der Waals surface area contributed by atoms with Gasteiger partial charge in [0.05, 0.1) is 41.1 Å². The highest BCUT2D eigenvalue weighted by molar-refractivity contribution is 9.10. The van der Waals surface area contributed by atoms with E-state index in [1.165, 1.54) is 5.56 Å². The van der Waals surface area contributed by atoms with Crippen LogP contribution in [0, 0.1) is 0 Å². The SMILES string of the molecule is COc1cc(-c2nc(N)nc3c2CN(C(=O)NCCc2ccccc2)C3)c(Cl)cc1Br. The van der Waals surface area contributed by atoms with Crippen LogP contribution in [0.5, 0.6) is 5.75 Å². The van der Waals surface area contributed by atoms with Gasteiger partial charge in [-0.15, -0.1) is 0 Å². The molecule has 31 heavy (non-hydrogen) atoms. The van der Waals surface area contributed by atoms with Crippen LogP contribution in [0.4, 0.5) is 10.7 Å². The average Bonchev–Trinajstić information content (AvgIpc) is 3.18. The Bertz CT molecular complexity index is 1130. The van der Waals surface area contributed by atoms with Crippen molar-refractivity contribution in [1.29, 1.82) is 0 Å². The van der Waals surface area contributed by atoms with Gasteiger partial charge in [-0.1, -0.05) is 41.9 Å². The molecule has 0 bridgehead atoms. The molecule has 1 aliphatic heterocycles. The first-order valence-electron chi connectivity index (χ1n) is 9.71. The lowest BCUT2D eigenvalue weighted by atomic mass is 10.1. The molecule has 160 valence electrons. The van der Waals surface area contributed by atoms with Crippen LogP contribution in [0.25, 0.3) is 11.3 Å². The lowest BCUT2D eigenvalue weighted by Crippen LogP contribution is -2.37. The van der Waals surface area contributed by atoms with Crippen molar-refractivity contribution in [1.82, 2.24) is 20.2 Å². The molecule has 0 saturated heterocycles. The van der Waals surface area contributed by atoms with Crippen molar-refractivity contribution in [2.45, 2.75) is 19.5 Å². The third kappa shape index (κ3) is 4.60. The number of hydrogen-bond donors (Lipinski definition) is 2. The molecule has 2 heterocycles. The van der Waals surface area contributed by atoms with Gasteiger partial charge in [0.25, 0.3) is 0 Å². The third-order valence-electron chi connectivity index (χ3n) is 5.12. The summed E-state index contributed by atoms with van der Waals surface area (Å²) in [6.45, 7) is 1.28. The summed E-state index contributed by atoms with van der Waals surface area (Å²) in [5.41, 5.74) is 9.98. The van der Waals surface area contributed by atoms with Crippen molar-refractivity contribution in [3.05, 3.63) is 68.8 Å². The molecule has 0 saturated carbocycles. The van der Waals surface area contributed by atoms with Gasteiger partial charge in [-0.25, -0.2) is 14.8 Å². The first kappa shape index (κ1) is 21.4. The number of nitrogen functional groups attached to an aromatic ring is 1. The van der Waals surface area contributed by atoms with E-state index in [1.54, 1.807) is 24.1 Å². The molecule has 2 aromatic carbocycles. The van der Waals surface area contributed by atoms with Gasteiger partial charge in [0.15, 0.2) is 0 Å². The predicted molar refractivity (Wildman–Crippen MR) is 124 cm³/mol. The van der Waals surface area contributed by atoms with E-state index in [9.17, 15) is 4.79 Å². The number of nitrogens with zero attached hydrogens (tertiary/aromatic N) is 3. The zero-order valence-corrected chi connectivity index (χ0v) is 19.2. The fourth-order valence-electron chi connectivity index (χ4n) is 3.58. The number of urea groups is 1. The minimum atomic E-state index is -0.155. The summed E-state index contributed by atoms with van der Waals surface area (Å²) in [7, 11) is 1.58. The Labute approximate surface area is 193 Å². The smallest absolute Gasteiger partial charge is 0.318 e. The van der Waals surface area contributed by atoms with Gasteiger partial charge in [0, 0.05) is 17.7 Å². The van der Waals surface area contributed by atoms with E-state index >= 15 is 0 Å². The van der Waals surface area contributed by atoms with Gasteiger partial charge in [0.1, 0.15) is 5.75 Å². The average molecular weight is 503 g/mol. The van der Waals surface area contributed by atoms with Crippen molar-refractivity contribution in [3.63, 3.8) is 0 Å². The van der Waals surface area contributed by atoms with Gasteiger partial charge < -0.3 is 20.7 Å². The van der Waals surface area contributed by atoms with Crippen molar-refractivity contribution in [2.75, 3.05) is 19.4 Å². The second-order valence-corrected chi connectivity index (χ2v) is 8.41. The highest BCUT2D eigenvalue weighted by Crippen LogP contribution is 2.39. The van der Waals surface area contributed by atoms with Crippen LogP contribution in [-0.4, -0.2) is 34.6 Å². The van der Waals surface area contributed by atoms with E-state index in [0.717, 1.165) is 22.2 Å². The molecule has 7 nitrogen and oxygen atoms in total. The molecule has 9 heteroatoms. The van der Waals surface area contributed by atoms with Crippen molar-refractivity contribution < 1.29 is 9.53 Å². The number of hydrogen-bond acceptors (Lipinski definition) is 5. The number of methoxy groups -OCH3 is 1. The number of anilines is 1. The predicted octanol–water partition coefficient (Wildman–Crippen LogP) is 4.42. The molecule has 1 aliphatic rings. The van der Waals surface area contributed by atoms with Gasteiger partial charge in [0.2, 0.25) is 5.95 Å². The third-order valence-corrected chi connectivity index (χ3v) is 6.05. The number of benzene rings is 2. The minimum absolute atomic E-state index is 0.137. The van der Waals surface area contributed by atoms with Crippen molar-refractivity contribution in [2.24, 2.45) is 0 Å². The summed E-state index contributed by atoms with van der Waals surface area (Å²) in [5, 5.41) is 3.47. The maximum atomic E-state index is 12.7. The molecule has 0 unspecified atom stereocenters. The Balaban J connectivity index is 1.53. The number of aromatic nitrogens is 2. The molecule has 3 aromatic rings. The summed E-state index contributed by atoms with van der Waals surface area (Å²) >= 11 is 9.93. The molecule has 0 radical (unpaired) electrons. The molecular formula is C22H21BrClN5O2. The number of carbonyl (C=O) groups is 1. The van der Waals surface area contributed by atoms with Gasteiger partial charge in [-0.2, -0.15) is 0 Å². The topological polar surface area (TPSA) is 93.4 Å². The molecule has 3 N–H and O–H groups in total. The summed E-state index contributed by atoms with van der Waals surface area (Å²) in [6, 6.07) is 13.4. The number of rotatable bonds is 5. The van der Waals surface area contributed by atoms with Gasteiger partial charge in [-0.3, -0.25) is 0 Å². The standard InChI is InChI=1S/C22H21BrClN5O2/c1-31-19-9-14(17(24)10-16(19)23)20-15-11-29(12-18(15)27-21(25)28-20)22(30)26-8-7-13-5-3-2-4-6-13/h2-6,9-10H,7-8,11-12H2,1H3,(H,26,30)(H2,25,27,28). The van der Waals surface area contributed by atoms with Gasteiger partial charge in [-0.05, 0) is 40.0 Å². The highest BCUT2D eigenvalue weighted by Gasteiger charge is 2.29. The molecule has 2 amide bonds. The Hall–Kier alpha value is -2.84. The van der Waals surface area contributed by atoms with Crippen LogP contribution < -0.4 is 15.8 Å². The number of carbonyl (C=O) groups excluding carboxylic acids is 1. The molecule has 1 aromatic heterocycles. The summed E-state index contributed by atoms with van der Waals surface area (Å²) in [6.07, 6.45) is 0.764. The van der Waals surface area contributed by atoms with E-state index in [0.29, 0.717) is 41.7 Å². The fourth-order valence-corrected chi connectivity index (χ4v) is 4.47. The lowest BCUT2D eigenvalue weighted by molar-refractivity contribution is 0.198. The zero-order valence-electron chi connectivity index (χ0n) is 16.9. The second kappa shape index (κ2) is 9.11. The summed E-state index contributed by atoms with van der Waals surface area (Å²) in [5.74, 6) is 0.761. The molecule has 0 atom stereocenters. The van der Waals surface area contributed by atoms with Crippen molar-refractivity contribution >= 4 is 39.5 Å². The van der Waals surface area contributed by atoms with Crippen LogP contribution in [0.15, 0.2) is 46.9 Å². The lowest BCUT2D eigenvalue weighted by Gasteiger charge is -2.16. The number of amides is 2. The van der Waals surface area contributed by atoms with Crippen LogP contribution in [0.3, 0.4) is 0 Å².